The van der Waals surface area contributed by atoms with Gasteiger partial charge >= 0.3 is 5.91 Å². The highest BCUT2D eigenvalue weighted by Crippen LogP contribution is 2.14. The molecule has 2 rings (SSSR count). The van der Waals surface area contributed by atoms with Gasteiger partial charge in [-0.25, -0.2) is 4.98 Å². The van der Waals surface area contributed by atoms with Crippen molar-refractivity contribution in [3.05, 3.63) is 35.0 Å². The van der Waals surface area contributed by atoms with E-state index in [2.05, 4.69) is 10.2 Å². The number of aryl methyl sites for hydroxylation is 1. The number of fused-ring (bicyclic) bond motifs is 1. The van der Waals surface area contributed by atoms with Gasteiger partial charge in [-0.3, -0.25) is 4.79 Å². The number of hydrogen-bond donors (Lipinski definition) is 0. The normalized spacial score (nSPS) is 10.4. The summed E-state index contributed by atoms with van der Waals surface area (Å²) in [6, 6.07) is 7.26. The Balaban J connectivity index is 2.74. The standard InChI is InChI=1S/C9H7N3O2/c1-12-7-5-3-2-4-6(7)10-8(12)9(13)11-14/h2-5H,1H3. The van der Waals surface area contributed by atoms with E-state index in [0.717, 1.165) is 5.52 Å². The quantitative estimate of drug-likeness (QED) is 0.638. The molecule has 1 heterocycles. The first-order chi connectivity index (χ1) is 6.74. The number of nitroso groups, excluding NO2 is 1. The molecule has 0 fully saturated rings. The number of rotatable bonds is 1. The average Bonchev–Trinajstić information content (AvgIpc) is 2.56. The number of hydrogen-bond acceptors (Lipinski definition) is 3. The number of carbonyl (C=O) groups is 1. The Kier molecular flexibility index (Phi) is 1.85. The zero-order valence-electron chi connectivity index (χ0n) is 7.47. The Bertz CT molecular complexity index is 516. The average molecular weight is 189 g/mol. The van der Waals surface area contributed by atoms with Crippen LogP contribution in [-0.2, 0) is 7.05 Å². The summed E-state index contributed by atoms with van der Waals surface area (Å²) < 4.78 is 1.55. The first-order valence-electron chi connectivity index (χ1n) is 4.03. The SMILES string of the molecule is Cn1c(C(=O)N=O)nc2ccccc21. The number of amides is 1. The zero-order chi connectivity index (χ0) is 10.1. The van der Waals surface area contributed by atoms with Gasteiger partial charge in [0.2, 0.25) is 5.82 Å². The Morgan fingerprint density at radius 1 is 1.43 bits per heavy atom. The molecule has 5 heteroatoms. The molecule has 0 aliphatic carbocycles. The molecule has 0 aliphatic rings. The molecule has 70 valence electrons. The first-order valence-corrected chi connectivity index (χ1v) is 4.03. The topological polar surface area (TPSA) is 64.3 Å². The molecule has 0 saturated heterocycles. The van der Waals surface area contributed by atoms with Crippen molar-refractivity contribution in [3.63, 3.8) is 0 Å². The van der Waals surface area contributed by atoms with E-state index in [0.29, 0.717) is 5.52 Å². The summed E-state index contributed by atoms with van der Waals surface area (Å²) >= 11 is 0. The fraction of sp³-hybridized carbons (Fsp3) is 0.111. The van der Waals surface area contributed by atoms with E-state index >= 15 is 0 Å². The number of benzene rings is 1. The van der Waals surface area contributed by atoms with Gasteiger partial charge in [0.15, 0.2) is 0 Å². The van der Waals surface area contributed by atoms with E-state index in [1.165, 1.54) is 0 Å². The van der Waals surface area contributed by atoms with Crippen LogP contribution in [0.4, 0.5) is 0 Å². The minimum absolute atomic E-state index is 0.0706. The second-order valence-electron chi connectivity index (χ2n) is 2.88. The lowest BCUT2D eigenvalue weighted by molar-refractivity contribution is 0.0988. The highest BCUT2D eigenvalue weighted by Gasteiger charge is 2.14. The molecule has 1 aromatic carbocycles. The van der Waals surface area contributed by atoms with Crippen molar-refractivity contribution in [2.24, 2.45) is 12.2 Å². The summed E-state index contributed by atoms with van der Waals surface area (Å²) in [6.45, 7) is 0. The van der Waals surface area contributed by atoms with Crippen molar-refractivity contribution in [3.8, 4) is 0 Å². The Morgan fingerprint density at radius 2 is 2.14 bits per heavy atom. The molecule has 0 N–H and O–H groups in total. The van der Waals surface area contributed by atoms with E-state index in [1.807, 2.05) is 18.2 Å². The predicted octanol–water partition coefficient (Wildman–Crippen LogP) is 1.48. The van der Waals surface area contributed by atoms with Gasteiger partial charge in [-0.05, 0) is 12.1 Å². The van der Waals surface area contributed by atoms with Crippen LogP contribution in [0.2, 0.25) is 0 Å². The maximum atomic E-state index is 11.0. The smallest absolute Gasteiger partial charge is 0.323 e. The van der Waals surface area contributed by atoms with Gasteiger partial charge in [0.1, 0.15) is 0 Å². The second kappa shape index (κ2) is 3.02. The van der Waals surface area contributed by atoms with Gasteiger partial charge in [0.25, 0.3) is 0 Å². The molecule has 0 bridgehead atoms. The van der Waals surface area contributed by atoms with Crippen LogP contribution in [0.15, 0.2) is 29.4 Å². The maximum Gasteiger partial charge on any atom is 0.352 e. The van der Waals surface area contributed by atoms with Gasteiger partial charge in [-0.2, -0.15) is 0 Å². The van der Waals surface area contributed by atoms with Gasteiger partial charge in [-0.1, -0.05) is 12.1 Å². The minimum atomic E-state index is -0.844. The Hall–Kier alpha value is -2.04. The van der Waals surface area contributed by atoms with Crippen LogP contribution < -0.4 is 0 Å². The third-order valence-electron chi connectivity index (χ3n) is 2.06. The lowest BCUT2D eigenvalue weighted by Gasteiger charge is -1.94. The molecule has 0 aliphatic heterocycles. The van der Waals surface area contributed by atoms with Crippen molar-refractivity contribution in [2.45, 2.75) is 0 Å². The van der Waals surface area contributed by atoms with Crippen LogP contribution in [0.1, 0.15) is 10.6 Å². The van der Waals surface area contributed by atoms with Crippen molar-refractivity contribution < 1.29 is 4.79 Å². The molecule has 0 unspecified atom stereocenters. The summed E-state index contributed by atoms with van der Waals surface area (Å²) in [6.07, 6.45) is 0. The first kappa shape index (κ1) is 8.55. The lowest BCUT2D eigenvalue weighted by Crippen LogP contribution is -2.03. The second-order valence-corrected chi connectivity index (χ2v) is 2.88. The summed E-state index contributed by atoms with van der Waals surface area (Å²) in [5.41, 5.74) is 1.49. The largest absolute Gasteiger partial charge is 0.352 e. The number of para-hydroxylation sites is 2. The van der Waals surface area contributed by atoms with Gasteiger partial charge in [0.05, 0.1) is 11.0 Å². The number of nitrogens with zero attached hydrogens (tertiary/aromatic N) is 3. The fourth-order valence-electron chi connectivity index (χ4n) is 1.38. The highest BCUT2D eigenvalue weighted by atomic mass is 16.3. The molecule has 5 nitrogen and oxygen atoms in total. The van der Waals surface area contributed by atoms with Gasteiger partial charge in [-0.15, -0.1) is 4.91 Å². The molecule has 2 aromatic rings. The number of carbonyl (C=O) groups excluding carboxylic acids is 1. The van der Waals surface area contributed by atoms with Crippen LogP contribution in [0.5, 0.6) is 0 Å². The van der Waals surface area contributed by atoms with Crippen molar-refractivity contribution in [1.82, 2.24) is 9.55 Å². The van der Waals surface area contributed by atoms with E-state index in [-0.39, 0.29) is 5.82 Å². The third-order valence-corrected chi connectivity index (χ3v) is 2.06. The maximum absolute atomic E-state index is 11.0. The molecule has 14 heavy (non-hydrogen) atoms. The summed E-state index contributed by atoms with van der Waals surface area (Å²) in [5.74, 6) is -0.773. The molecular weight excluding hydrogens is 182 g/mol. The van der Waals surface area contributed by atoms with Crippen LogP contribution >= 0.6 is 0 Å². The number of imidazole rings is 1. The van der Waals surface area contributed by atoms with Crippen LogP contribution in [0, 0.1) is 4.91 Å². The molecule has 0 saturated carbocycles. The molecule has 0 atom stereocenters. The van der Waals surface area contributed by atoms with Crippen LogP contribution in [-0.4, -0.2) is 15.5 Å². The van der Waals surface area contributed by atoms with E-state index < -0.39 is 5.91 Å². The van der Waals surface area contributed by atoms with E-state index in [9.17, 15) is 9.70 Å². The van der Waals surface area contributed by atoms with Crippen LogP contribution in [0.3, 0.4) is 0 Å². The molecule has 1 amide bonds. The summed E-state index contributed by atoms with van der Waals surface area (Å²) in [4.78, 5) is 25.1. The van der Waals surface area contributed by atoms with Gasteiger partial charge in [0, 0.05) is 12.2 Å². The Labute approximate surface area is 79.3 Å². The van der Waals surface area contributed by atoms with E-state index in [1.54, 1.807) is 17.7 Å². The number of aromatic nitrogens is 2. The van der Waals surface area contributed by atoms with E-state index in [4.69, 9.17) is 0 Å². The molecule has 0 radical (unpaired) electrons. The highest BCUT2D eigenvalue weighted by molar-refractivity contribution is 5.95. The van der Waals surface area contributed by atoms with Crippen molar-refractivity contribution in [1.29, 1.82) is 0 Å². The van der Waals surface area contributed by atoms with Gasteiger partial charge < -0.3 is 4.57 Å². The summed E-state index contributed by atoms with van der Waals surface area (Å²) in [7, 11) is 1.67. The lowest BCUT2D eigenvalue weighted by atomic mass is 10.3. The fourth-order valence-corrected chi connectivity index (χ4v) is 1.38. The molecule has 0 spiro atoms. The van der Waals surface area contributed by atoms with Crippen molar-refractivity contribution in [2.75, 3.05) is 0 Å². The minimum Gasteiger partial charge on any atom is -0.323 e. The third kappa shape index (κ3) is 1.10. The zero-order valence-corrected chi connectivity index (χ0v) is 7.47. The summed E-state index contributed by atoms with van der Waals surface area (Å²) in [5, 5.41) is 2.34. The monoisotopic (exact) mass is 189 g/mol. The molecule has 1 aromatic heterocycles. The van der Waals surface area contributed by atoms with Crippen LogP contribution in [0.25, 0.3) is 11.0 Å². The molecular formula is C9H7N3O2. The van der Waals surface area contributed by atoms with Crippen molar-refractivity contribution >= 4 is 16.9 Å². The predicted molar refractivity (Wildman–Crippen MR) is 50.8 cm³/mol. The Morgan fingerprint density at radius 3 is 2.79 bits per heavy atom.